The smallest absolute Gasteiger partial charge is 0.340 e. The van der Waals surface area contributed by atoms with Crippen LogP contribution in [0.5, 0.6) is 0 Å². The number of sulfone groups is 1. The van der Waals surface area contributed by atoms with E-state index in [9.17, 15) is 13.2 Å². The highest BCUT2D eigenvalue weighted by Crippen LogP contribution is 2.18. The summed E-state index contributed by atoms with van der Waals surface area (Å²) < 4.78 is 24.8. The standard InChI is InChI=1S/C16H16N4O3S/c21-16-18-15(19-20-16)10-17-13-6-4-5-12(9-13)11-24(22,23)14-7-2-1-3-8-14/h1-9,17H,10-11H2,(H2,18,19,20,21). The van der Waals surface area contributed by atoms with Gasteiger partial charge in [0.25, 0.3) is 0 Å². The summed E-state index contributed by atoms with van der Waals surface area (Å²) in [5.41, 5.74) is 1.06. The maximum absolute atomic E-state index is 12.4. The molecule has 0 spiro atoms. The minimum atomic E-state index is -3.39. The Morgan fingerprint density at radius 3 is 2.54 bits per heavy atom. The molecule has 0 aliphatic heterocycles. The van der Waals surface area contributed by atoms with E-state index in [0.717, 1.165) is 5.69 Å². The van der Waals surface area contributed by atoms with E-state index in [4.69, 9.17) is 0 Å². The second kappa shape index (κ2) is 6.71. The minimum absolute atomic E-state index is 0.0776. The van der Waals surface area contributed by atoms with Crippen molar-refractivity contribution in [1.29, 1.82) is 0 Å². The van der Waals surface area contributed by atoms with Crippen molar-refractivity contribution in [3.8, 4) is 0 Å². The maximum Gasteiger partial charge on any atom is 0.340 e. The highest BCUT2D eigenvalue weighted by molar-refractivity contribution is 7.90. The third-order valence-electron chi connectivity index (χ3n) is 3.40. The van der Waals surface area contributed by atoms with Gasteiger partial charge >= 0.3 is 5.69 Å². The number of nitrogens with one attached hydrogen (secondary N) is 3. The molecule has 24 heavy (non-hydrogen) atoms. The van der Waals surface area contributed by atoms with Gasteiger partial charge in [-0.15, -0.1) is 0 Å². The van der Waals surface area contributed by atoms with Crippen molar-refractivity contribution >= 4 is 15.5 Å². The van der Waals surface area contributed by atoms with Gasteiger partial charge in [0.1, 0.15) is 5.82 Å². The Hall–Kier alpha value is -2.87. The molecule has 7 nitrogen and oxygen atoms in total. The number of hydrogen-bond acceptors (Lipinski definition) is 5. The first kappa shape index (κ1) is 16.0. The van der Waals surface area contributed by atoms with Gasteiger partial charge in [-0.2, -0.15) is 5.10 Å². The van der Waals surface area contributed by atoms with Crippen LogP contribution in [0.3, 0.4) is 0 Å². The fourth-order valence-electron chi connectivity index (χ4n) is 2.28. The van der Waals surface area contributed by atoms with Crippen LogP contribution in [0.2, 0.25) is 0 Å². The number of aromatic nitrogens is 3. The van der Waals surface area contributed by atoms with Crippen molar-refractivity contribution in [2.24, 2.45) is 0 Å². The van der Waals surface area contributed by atoms with Crippen molar-refractivity contribution in [3.63, 3.8) is 0 Å². The molecule has 3 aromatic rings. The molecule has 3 rings (SSSR count). The van der Waals surface area contributed by atoms with E-state index in [1.807, 2.05) is 6.07 Å². The SMILES string of the molecule is O=c1[nH]nc(CNc2cccc(CS(=O)(=O)c3ccccc3)c2)[nH]1. The summed E-state index contributed by atoms with van der Waals surface area (Å²) in [6, 6.07) is 15.5. The molecule has 0 saturated heterocycles. The highest BCUT2D eigenvalue weighted by atomic mass is 32.2. The third kappa shape index (κ3) is 3.90. The van der Waals surface area contributed by atoms with E-state index in [0.29, 0.717) is 22.8 Å². The molecule has 2 aromatic carbocycles. The molecule has 8 heteroatoms. The zero-order chi connectivity index (χ0) is 17.0. The first-order chi connectivity index (χ1) is 11.5. The van der Waals surface area contributed by atoms with Crippen LogP contribution in [-0.4, -0.2) is 23.6 Å². The average Bonchev–Trinajstić information content (AvgIpc) is 2.99. The van der Waals surface area contributed by atoms with Gasteiger partial charge in [0.15, 0.2) is 9.84 Å². The third-order valence-corrected chi connectivity index (χ3v) is 5.10. The van der Waals surface area contributed by atoms with Crippen molar-refractivity contribution in [1.82, 2.24) is 15.2 Å². The minimum Gasteiger partial charge on any atom is -0.378 e. The van der Waals surface area contributed by atoms with E-state index in [2.05, 4.69) is 20.5 Å². The normalized spacial score (nSPS) is 11.3. The van der Waals surface area contributed by atoms with Gasteiger partial charge in [0.05, 0.1) is 17.2 Å². The molecule has 0 aliphatic carbocycles. The molecular weight excluding hydrogens is 328 g/mol. The molecule has 0 aliphatic rings. The van der Waals surface area contributed by atoms with Crippen molar-refractivity contribution in [3.05, 3.63) is 76.5 Å². The second-order valence-electron chi connectivity index (χ2n) is 5.25. The number of nitrogens with zero attached hydrogens (tertiary/aromatic N) is 1. The number of hydrogen-bond donors (Lipinski definition) is 3. The van der Waals surface area contributed by atoms with Crippen LogP contribution in [0.25, 0.3) is 0 Å². The summed E-state index contributed by atoms with van der Waals surface area (Å²) >= 11 is 0. The van der Waals surface area contributed by atoms with Crippen LogP contribution < -0.4 is 11.0 Å². The lowest BCUT2D eigenvalue weighted by molar-refractivity contribution is 0.595. The number of aromatic amines is 2. The monoisotopic (exact) mass is 344 g/mol. The Kier molecular flexibility index (Phi) is 4.48. The molecule has 3 N–H and O–H groups in total. The summed E-state index contributed by atoms with van der Waals surface area (Å²) in [6.45, 7) is 0.327. The summed E-state index contributed by atoms with van der Waals surface area (Å²) in [7, 11) is -3.39. The van der Waals surface area contributed by atoms with Crippen LogP contribution in [-0.2, 0) is 22.1 Å². The Labute approximate surface area is 138 Å². The molecule has 0 bridgehead atoms. The van der Waals surface area contributed by atoms with E-state index in [1.165, 1.54) is 0 Å². The van der Waals surface area contributed by atoms with Gasteiger partial charge < -0.3 is 5.32 Å². The Bertz CT molecular complexity index is 978. The second-order valence-corrected chi connectivity index (χ2v) is 7.24. The van der Waals surface area contributed by atoms with Crippen molar-refractivity contribution in [2.75, 3.05) is 5.32 Å². The lowest BCUT2D eigenvalue weighted by Gasteiger charge is -2.08. The van der Waals surface area contributed by atoms with E-state index in [1.54, 1.807) is 48.5 Å². The largest absolute Gasteiger partial charge is 0.378 e. The average molecular weight is 344 g/mol. The van der Waals surface area contributed by atoms with Crippen LogP contribution in [0, 0.1) is 0 Å². The summed E-state index contributed by atoms with van der Waals surface area (Å²) in [6.07, 6.45) is 0. The first-order valence-electron chi connectivity index (χ1n) is 7.27. The van der Waals surface area contributed by atoms with E-state index >= 15 is 0 Å². The maximum atomic E-state index is 12.4. The molecule has 1 aromatic heterocycles. The zero-order valence-corrected chi connectivity index (χ0v) is 13.5. The van der Waals surface area contributed by atoms with Gasteiger partial charge in [0, 0.05) is 5.69 Å². The van der Waals surface area contributed by atoms with Gasteiger partial charge in [-0.25, -0.2) is 18.3 Å². The lowest BCUT2D eigenvalue weighted by atomic mass is 10.2. The van der Waals surface area contributed by atoms with Crippen molar-refractivity contribution in [2.45, 2.75) is 17.2 Å². The fraction of sp³-hybridized carbons (Fsp3) is 0.125. The number of H-pyrrole nitrogens is 2. The van der Waals surface area contributed by atoms with Crippen LogP contribution in [0.15, 0.2) is 64.3 Å². The van der Waals surface area contributed by atoms with Gasteiger partial charge in [-0.3, -0.25) is 4.98 Å². The van der Waals surface area contributed by atoms with Crippen LogP contribution in [0.4, 0.5) is 5.69 Å². The number of anilines is 1. The predicted molar refractivity (Wildman–Crippen MR) is 90.3 cm³/mol. The van der Waals surface area contributed by atoms with Crippen LogP contribution in [0.1, 0.15) is 11.4 Å². The molecular formula is C16H16N4O3S. The molecule has 124 valence electrons. The van der Waals surface area contributed by atoms with Gasteiger partial charge in [0.2, 0.25) is 0 Å². The fourth-order valence-corrected chi connectivity index (χ4v) is 3.63. The highest BCUT2D eigenvalue weighted by Gasteiger charge is 2.14. The number of benzene rings is 2. The van der Waals surface area contributed by atoms with Gasteiger partial charge in [-0.1, -0.05) is 30.3 Å². The topological polar surface area (TPSA) is 108 Å². The molecule has 0 saturated carbocycles. The summed E-state index contributed by atoms with van der Waals surface area (Å²) in [5, 5.41) is 9.18. The van der Waals surface area contributed by atoms with Crippen LogP contribution >= 0.6 is 0 Å². The zero-order valence-electron chi connectivity index (χ0n) is 12.7. The number of rotatable bonds is 6. The molecule has 0 amide bonds. The molecule has 0 atom stereocenters. The van der Waals surface area contributed by atoms with Crippen molar-refractivity contribution < 1.29 is 8.42 Å². The molecule has 0 unspecified atom stereocenters. The van der Waals surface area contributed by atoms with E-state index in [-0.39, 0.29) is 11.4 Å². The summed E-state index contributed by atoms with van der Waals surface area (Å²) in [5.74, 6) is 0.397. The van der Waals surface area contributed by atoms with E-state index < -0.39 is 9.84 Å². The van der Waals surface area contributed by atoms with Gasteiger partial charge in [-0.05, 0) is 29.8 Å². The Morgan fingerprint density at radius 2 is 1.83 bits per heavy atom. The Balaban J connectivity index is 1.72. The molecule has 1 heterocycles. The molecule has 0 fully saturated rings. The molecule has 0 radical (unpaired) electrons. The summed E-state index contributed by atoms with van der Waals surface area (Å²) in [4.78, 5) is 13.8. The predicted octanol–water partition coefficient (Wildman–Crippen LogP) is 1.68. The lowest BCUT2D eigenvalue weighted by Crippen LogP contribution is -2.06. The first-order valence-corrected chi connectivity index (χ1v) is 8.92. The quantitative estimate of drug-likeness (QED) is 0.630. The Morgan fingerprint density at radius 1 is 1.04 bits per heavy atom.